The van der Waals surface area contributed by atoms with E-state index in [0.717, 1.165) is 13.1 Å². The molecule has 1 fully saturated rings. The SMILES string of the molecule is CC1CCN(C(C(=O)OC(C)(C)C)C(C)C)C1. The minimum absolute atomic E-state index is 0.0680. The zero-order valence-corrected chi connectivity index (χ0v) is 12.1. The molecular weight excluding hydrogens is 214 g/mol. The van der Waals surface area contributed by atoms with Crippen LogP contribution in [0.1, 0.15) is 48.0 Å². The molecule has 0 amide bonds. The molecule has 0 aromatic heterocycles. The molecule has 2 unspecified atom stereocenters. The highest BCUT2D eigenvalue weighted by atomic mass is 16.6. The van der Waals surface area contributed by atoms with Gasteiger partial charge in [0.05, 0.1) is 0 Å². The molecule has 3 heteroatoms. The first-order chi connectivity index (χ1) is 7.70. The summed E-state index contributed by atoms with van der Waals surface area (Å²) in [6, 6.07) is -0.0841. The number of rotatable bonds is 3. The molecule has 0 aliphatic carbocycles. The van der Waals surface area contributed by atoms with Crippen molar-refractivity contribution < 1.29 is 9.53 Å². The zero-order valence-electron chi connectivity index (χ0n) is 12.1. The van der Waals surface area contributed by atoms with E-state index in [4.69, 9.17) is 4.74 Å². The summed E-state index contributed by atoms with van der Waals surface area (Å²) in [6.45, 7) is 14.2. The lowest BCUT2D eigenvalue weighted by atomic mass is 10.0. The standard InChI is InChI=1S/C14H27NO2/c1-10(2)12(13(16)17-14(4,5)6)15-8-7-11(3)9-15/h10-12H,7-9H2,1-6H3. The quantitative estimate of drug-likeness (QED) is 0.712. The minimum Gasteiger partial charge on any atom is -0.459 e. The molecule has 17 heavy (non-hydrogen) atoms. The normalized spacial score (nSPS) is 24.1. The van der Waals surface area contributed by atoms with Crippen LogP contribution >= 0.6 is 0 Å². The maximum Gasteiger partial charge on any atom is 0.324 e. The summed E-state index contributed by atoms with van der Waals surface area (Å²) in [5, 5.41) is 0. The van der Waals surface area contributed by atoms with Crippen LogP contribution in [-0.2, 0) is 9.53 Å². The van der Waals surface area contributed by atoms with Gasteiger partial charge in [-0.05, 0) is 45.6 Å². The van der Waals surface area contributed by atoms with E-state index in [-0.39, 0.29) is 12.0 Å². The smallest absolute Gasteiger partial charge is 0.324 e. The van der Waals surface area contributed by atoms with Gasteiger partial charge in [0.15, 0.2) is 0 Å². The lowest BCUT2D eigenvalue weighted by molar-refractivity contribution is -0.162. The van der Waals surface area contributed by atoms with Gasteiger partial charge in [-0.25, -0.2) is 0 Å². The van der Waals surface area contributed by atoms with Gasteiger partial charge in [0.1, 0.15) is 11.6 Å². The number of nitrogens with zero attached hydrogens (tertiary/aromatic N) is 1. The third-order valence-corrected chi connectivity index (χ3v) is 3.13. The minimum atomic E-state index is -0.393. The lowest BCUT2D eigenvalue weighted by Gasteiger charge is -2.32. The molecule has 1 saturated heterocycles. The third kappa shape index (κ3) is 4.30. The van der Waals surface area contributed by atoms with Crippen molar-refractivity contribution in [1.82, 2.24) is 4.90 Å². The van der Waals surface area contributed by atoms with E-state index in [2.05, 4.69) is 25.7 Å². The lowest BCUT2D eigenvalue weighted by Crippen LogP contribution is -2.46. The van der Waals surface area contributed by atoms with Crippen LogP contribution in [0.3, 0.4) is 0 Å². The molecule has 3 nitrogen and oxygen atoms in total. The van der Waals surface area contributed by atoms with Crippen LogP contribution in [-0.4, -0.2) is 35.6 Å². The second kappa shape index (κ2) is 5.38. The van der Waals surface area contributed by atoms with E-state index in [1.807, 2.05) is 20.8 Å². The third-order valence-electron chi connectivity index (χ3n) is 3.13. The average Bonchev–Trinajstić information content (AvgIpc) is 2.47. The second-order valence-electron chi connectivity index (χ2n) is 6.61. The van der Waals surface area contributed by atoms with E-state index in [1.165, 1.54) is 6.42 Å². The Morgan fingerprint density at radius 1 is 1.35 bits per heavy atom. The maximum atomic E-state index is 12.2. The van der Waals surface area contributed by atoms with E-state index >= 15 is 0 Å². The van der Waals surface area contributed by atoms with Crippen molar-refractivity contribution in [3.8, 4) is 0 Å². The first-order valence-electron chi connectivity index (χ1n) is 6.67. The first kappa shape index (κ1) is 14.5. The zero-order chi connectivity index (χ0) is 13.2. The fourth-order valence-electron chi connectivity index (χ4n) is 2.43. The van der Waals surface area contributed by atoms with Gasteiger partial charge in [-0.15, -0.1) is 0 Å². The topological polar surface area (TPSA) is 29.5 Å². The summed E-state index contributed by atoms with van der Waals surface area (Å²) >= 11 is 0. The van der Waals surface area contributed by atoms with Crippen LogP contribution in [0.25, 0.3) is 0 Å². The fraction of sp³-hybridized carbons (Fsp3) is 0.929. The Kier molecular flexibility index (Phi) is 4.59. The second-order valence-corrected chi connectivity index (χ2v) is 6.61. The van der Waals surface area contributed by atoms with Crippen LogP contribution in [0.4, 0.5) is 0 Å². The van der Waals surface area contributed by atoms with Gasteiger partial charge in [0, 0.05) is 6.54 Å². The Hall–Kier alpha value is -0.570. The molecule has 2 atom stereocenters. The molecule has 0 bridgehead atoms. The summed E-state index contributed by atoms with van der Waals surface area (Å²) in [5.41, 5.74) is -0.393. The molecule has 0 N–H and O–H groups in total. The molecule has 1 rings (SSSR count). The maximum absolute atomic E-state index is 12.2. The monoisotopic (exact) mass is 241 g/mol. The Labute approximate surface area is 106 Å². The molecule has 0 aromatic carbocycles. The highest BCUT2D eigenvalue weighted by Gasteiger charge is 2.35. The molecule has 1 heterocycles. The van der Waals surface area contributed by atoms with Crippen molar-refractivity contribution in [2.45, 2.75) is 59.6 Å². The molecule has 0 radical (unpaired) electrons. The predicted octanol–water partition coefficient (Wildman–Crippen LogP) is 2.69. The fourth-order valence-corrected chi connectivity index (χ4v) is 2.43. The Morgan fingerprint density at radius 3 is 2.29 bits per heavy atom. The summed E-state index contributed by atoms with van der Waals surface area (Å²) in [6.07, 6.45) is 1.19. The van der Waals surface area contributed by atoms with Crippen molar-refractivity contribution in [1.29, 1.82) is 0 Å². The highest BCUT2D eigenvalue weighted by molar-refractivity contribution is 5.76. The van der Waals surface area contributed by atoms with E-state index in [9.17, 15) is 4.79 Å². The van der Waals surface area contributed by atoms with Crippen LogP contribution in [0.5, 0.6) is 0 Å². The van der Waals surface area contributed by atoms with Gasteiger partial charge in [0.2, 0.25) is 0 Å². The van der Waals surface area contributed by atoms with Crippen LogP contribution in [0.15, 0.2) is 0 Å². The first-order valence-corrected chi connectivity index (χ1v) is 6.67. The molecule has 1 aliphatic heterocycles. The van der Waals surface area contributed by atoms with E-state index in [0.29, 0.717) is 11.8 Å². The van der Waals surface area contributed by atoms with E-state index in [1.54, 1.807) is 0 Å². The predicted molar refractivity (Wildman–Crippen MR) is 69.8 cm³/mol. The average molecular weight is 241 g/mol. The van der Waals surface area contributed by atoms with Crippen molar-refractivity contribution in [2.75, 3.05) is 13.1 Å². The molecular formula is C14H27NO2. The van der Waals surface area contributed by atoms with Gasteiger partial charge in [0.25, 0.3) is 0 Å². The number of hydrogen-bond donors (Lipinski definition) is 0. The number of likely N-dealkylation sites (tertiary alicyclic amines) is 1. The number of carbonyl (C=O) groups is 1. The summed E-state index contributed by atoms with van der Waals surface area (Å²) in [5.74, 6) is 0.926. The van der Waals surface area contributed by atoms with Crippen molar-refractivity contribution >= 4 is 5.97 Å². The van der Waals surface area contributed by atoms with Gasteiger partial charge >= 0.3 is 5.97 Å². The van der Waals surface area contributed by atoms with Gasteiger partial charge in [-0.3, -0.25) is 9.69 Å². The molecule has 0 saturated carbocycles. The van der Waals surface area contributed by atoms with Crippen molar-refractivity contribution in [3.63, 3.8) is 0 Å². The summed E-state index contributed by atoms with van der Waals surface area (Å²) in [4.78, 5) is 14.5. The molecule has 1 aliphatic rings. The highest BCUT2D eigenvalue weighted by Crippen LogP contribution is 2.24. The molecule has 0 aromatic rings. The van der Waals surface area contributed by atoms with Crippen LogP contribution < -0.4 is 0 Å². The Balaban J connectivity index is 2.69. The van der Waals surface area contributed by atoms with E-state index < -0.39 is 5.60 Å². The number of carbonyl (C=O) groups excluding carboxylic acids is 1. The van der Waals surface area contributed by atoms with Crippen LogP contribution in [0, 0.1) is 11.8 Å². The van der Waals surface area contributed by atoms with Crippen LogP contribution in [0.2, 0.25) is 0 Å². The number of ether oxygens (including phenoxy) is 1. The Morgan fingerprint density at radius 2 is 1.94 bits per heavy atom. The van der Waals surface area contributed by atoms with Gasteiger partial charge in [-0.2, -0.15) is 0 Å². The summed E-state index contributed by atoms with van der Waals surface area (Å²) < 4.78 is 5.53. The van der Waals surface area contributed by atoms with Crippen molar-refractivity contribution in [2.24, 2.45) is 11.8 Å². The summed E-state index contributed by atoms with van der Waals surface area (Å²) in [7, 11) is 0. The molecule has 100 valence electrons. The number of hydrogen-bond acceptors (Lipinski definition) is 3. The molecule has 0 spiro atoms. The van der Waals surface area contributed by atoms with Crippen molar-refractivity contribution in [3.05, 3.63) is 0 Å². The van der Waals surface area contributed by atoms with Gasteiger partial charge < -0.3 is 4.74 Å². The largest absolute Gasteiger partial charge is 0.459 e. The Bertz CT molecular complexity index is 268. The number of esters is 1. The van der Waals surface area contributed by atoms with Gasteiger partial charge in [-0.1, -0.05) is 20.8 Å².